The average molecular weight is 293 g/mol. The third kappa shape index (κ3) is 3.64. The van der Waals surface area contributed by atoms with Gasteiger partial charge in [0.05, 0.1) is 18.2 Å². The largest absolute Gasteiger partial charge is 0.378 e. The van der Waals surface area contributed by atoms with Gasteiger partial charge in [-0.25, -0.2) is 0 Å². The van der Waals surface area contributed by atoms with Crippen LogP contribution in [-0.4, -0.2) is 34.9 Å². The van der Waals surface area contributed by atoms with Gasteiger partial charge in [-0.05, 0) is 26.2 Å². The molecule has 0 bridgehead atoms. The quantitative estimate of drug-likeness (QED) is 0.900. The highest BCUT2D eigenvalue weighted by molar-refractivity contribution is 5.79. The van der Waals surface area contributed by atoms with Crippen molar-refractivity contribution in [3.05, 3.63) is 17.0 Å². The van der Waals surface area contributed by atoms with Crippen molar-refractivity contribution < 1.29 is 9.53 Å². The van der Waals surface area contributed by atoms with E-state index in [9.17, 15) is 4.79 Å². The summed E-state index contributed by atoms with van der Waals surface area (Å²) in [6, 6.07) is 0. The van der Waals surface area contributed by atoms with Crippen LogP contribution in [0.4, 0.5) is 0 Å². The first kappa shape index (κ1) is 16.0. The molecule has 1 amide bonds. The van der Waals surface area contributed by atoms with Crippen molar-refractivity contribution >= 4 is 5.91 Å². The lowest BCUT2D eigenvalue weighted by Gasteiger charge is -2.22. The maximum Gasteiger partial charge on any atom is 0.224 e. The normalized spacial score (nSPS) is 22.0. The van der Waals surface area contributed by atoms with Crippen LogP contribution in [0, 0.1) is 25.7 Å². The van der Waals surface area contributed by atoms with Gasteiger partial charge < -0.3 is 10.1 Å². The minimum atomic E-state index is 0.0728. The number of ether oxygens (including phenoxy) is 1. The SMILES string of the molecule is Cc1nn(C)c(C)c1CC(=O)NCC1CCOC1C(C)C. The number of aryl methyl sites for hydroxylation is 2. The molecule has 5 heteroatoms. The van der Waals surface area contributed by atoms with E-state index in [1.165, 1.54) is 0 Å². The van der Waals surface area contributed by atoms with Crippen molar-refractivity contribution in [2.45, 2.75) is 46.6 Å². The van der Waals surface area contributed by atoms with Crippen molar-refractivity contribution in [1.29, 1.82) is 0 Å². The van der Waals surface area contributed by atoms with Gasteiger partial charge in [-0.1, -0.05) is 13.8 Å². The van der Waals surface area contributed by atoms with Crippen molar-refractivity contribution in [3.8, 4) is 0 Å². The van der Waals surface area contributed by atoms with Gasteiger partial charge in [-0.3, -0.25) is 9.48 Å². The zero-order chi connectivity index (χ0) is 15.6. The molecule has 1 saturated heterocycles. The summed E-state index contributed by atoms with van der Waals surface area (Å²) < 4.78 is 7.59. The summed E-state index contributed by atoms with van der Waals surface area (Å²) in [7, 11) is 1.91. The Kier molecular flexibility index (Phi) is 5.04. The van der Waals surface area contributed by atoms with E-state index in [2.05, 4.69) is 24.3 Å². The molecule has 1 fully saturated rings. The van der Waals surface area contributed by atoms with Gasteiger partial charge in [0.1, 0.15) is 0 Å². The number of nitrogens with zero attached hydrogens (tertiary/aromatic N) is 2. The summed E-state index contributed by atoms with van der Waals surface area (Å²) >= 11 is 0. The lowest BCUT2D eigenvalue weighted by molar-refractivity contribution is -0.120. The van der Waals surface area contributed by atoms with Gasteiger partial charge in [0, 0.05) is 37.4 Å². The van der Waals surface area contributed by atoms with Gasteiger partial charge in [-0.15, -0.1) is 0 Å². The maximum absolute atomic E-state index is 12.2. The molecule has 1 aromatic rings. The molecule has 0 aliphatic carbocycles. The molecule has 5 nitrogen and oxygen atoms in total. The third-order valence-corrected chi connectivity index (χ3v) is 4.48. The Bertz CT molecular complexity index is 508. The fourth-order valence-corrected chi connectivity index (χ4v) is 3.15. The highest BCUT2D eigenvalue weighted by atomic mass is 16.5. The van der Waals surface area contributed by atoms with Crippen LogP contribution in [0.1, 0.15) is 37.2 Å². The second-order valence-electron chi connectivity index (χ2n) is 6.38. The Hall–Kier alpha value is -1.36. The zero-order valence-electron chi connectivity index (χ0n) is 13.8. The number of rotatable bonds is 5. The van der Waals surface area contributed by atoms with Gasteiger partial charge >= 0.3 is 0 Å². The second-order valence-corrected chi connectivity index (χ2v) is 6.38. The number of aromatic nitrogens is 2. The average Bonchev–Trinajstić information content (AvgIpc) is 2.97. The molecule has 0 spiro atoms. The van der Waals surface area contributed by atoms with Crippen LogP contribution in [0.5, 0.6) is 0 Å². The molecule has 0 radical (unpaired) electrons. The molecule has 2 unspecified atom stereocenters. The first-order valence-electron chi connectivity index (χ1n) is 7.77. The molecule has 1 aliphatic rings. The predicted molar refractivity (Wildman–Crippen MR) is 82.1 cm³/mol. The highest BCUT2D eigenvalue weighted by Crippen LogP contribution is 2.26. The maximum atomic E-state index is 12.2. The van der Waals surface area contributed by atoms with Crippen LogP contribution in [0.2, 0.25) is 0 Å². The second kappa shape index (κ2) is 6.60. The molecule has 0 aromatic carbocycles. The van der Waals surface area contributed by atoms with Crippen LogP contribution >= 0.6 is 0 Å². The minimum absolute atomic E-state index is 0.0728. The van der Waals surface area contributed by atoms with Crippen LogP contribution in [-0.2, 0) is 23.0 Å². The summed E-state index contributed by atoms with van der Waals surface area (Å²) in [5.74, 6) is 1.01. The number of nitrogens with one attached hydrogen (secondary N) is 1. The van der Waals surface area contributed by atoms with Crippen molar-refractivity contribution in [3.63, 3.8) is 0 Å². The van der Waals surface area contributed by atoms with E-state index in [1.807, 2.05) is 25.6 Å². The van der Waals surface area contributed by atoms with E-state index in [1.54, 1.807) is 0 Å². The van der Waals surface area contributed by atoms with E-state index < -0.39 is 0 Å². The molecule has 21 heavy (non-hydrogen) atoms. The monoisotopic (exact) mass is 293 g/mol. The Morgan fingerprint density at radius 1 is 1.48 bits per heavy atom. The molecule has 2 heterocycles. The molecule has 0 saturated carbocycles. The van der Waals surface area contributed by atoms with E-state index in [0.717, 1.165) is 30.0 Å². The number of hydrogen-bond donors (Lipinski definition) is 1. The van der Waals surface area contributed by atoms with Gasteiger partial charge in [-0.2, -0.15) is 5.10 Å². The molecule has 1 N–H and O–H groups in total. The van der Waals surface area contributed by atoms with Crippen molar-refractivity contribution in [1.82, 2.24) is 15.1 Å². The van der Waals surface area contributed by atoms with Crippen LogP contribution < -0.4 is 5.32 Å². The lowest BCUT2D eigenvalue weighted by Crippen LogP contribution is -2.35. The fourth-order valence-electron chi connectivity index (χ4n) is 3.15. The summed E-state index contributed by atoms with van der Waals surface area (Å²) in [6.45, 7) is 9.82. The van der Waals surface area contributed by atoms with Crippen LogP contribution in [0.3, 0.4) is 0 Å². The topological polar surface area (TPSA) is 56.2 Å². The third-order valence-electron chi connectivity index (χ3n) is 4.48. The van der Waals surface area contributed by atoms with Crippen molar-refractivity contribution in [2.24, 2.45) is 18.9 Å². The molecule has 1 aromatic heterocycles. The van der Waals surface area contributed by atoms with Gasteiger partial charge in [0.2, 0.25) is 5.91 Å². The van der Waals surface area contributed by atoms with Gasteiger partial charge in [0.15, 0.2) is 0 Å². The van der Waals surface area contributed by atoms with Crippen LogP contribution in [0.15, 0.2) is 0 Å². The van der Waals surface area contributed by atoms with Crippen molar-refractivity contribution in [2.75, 3.05) is 13.2 Å². The molecular formula is C16H27N3O2. The van der Waals surface area contributed by atoms with E-state index >= 15 is 0 Å². The van der Waals surface area contributed by atoms with E-state index in [4.69, 9.17) is 4.74 Å². The van der Waals surface area contributed by atoms with E-state index in [-0.39, 0.29) is 12.0 Å². The molecule has 118 valence electrons. The lowest BCUT2D eigenvalue weighted by atomic mass is 9.93. The predicted octanol–water partition coefficient (Wildman–Crippen LogP) is 1.76. The molecular weight excluding hydrogens is 266 g/mol. The first-order chi connectivity index (χ1) is 9.90. The first-order valence-corrected chi connectivity index (χ1v) is 7.77. The van der Waals surface area contributed by atoms with Gasteiger partial charge in [0.25, 0.3) is 0 Å². The molecule has 1 aliphatic heterocycles. The summed E-state index contributed by atoms with van der Waals surface area (Å²) in [5, 5.41) is 7.42. The zero-order valence-corrected chi connectivity index (χ0v) is 13.8. The number of carbonyl (C=O) groups is 1. The Balaban J connectivity index is 1.88. The number of carbonyl (C=O) groups excluding carboxylic acids is 1. The summed E-state index contributed by atoms with van der Waals surface area (Å²) in [5.41, 5.74) is 3.04. The standard InChI is InChI=1S/C16H27N3O2/c1-10(2)16-13(6-7-21-16)9-17-15(20)8-14-11(3)18-19(5)12(14)4/h10,13,16H,6-9H2,1-5H3,(H,17,20). The number of hydrogen-bond acceptors (Lipinski definition) is 3. The smallest absolute Gasteiger partial charge is 0.224 e. The fraction of sp³-hybridized carbons (Fsp3) is 0.750. The Labute approximate surface area is 127 Å². The minimum Gasteiger partial charge on any atom is -0.378 e. The molecule has 2 rings (SSSR count). The highest BCUT2D eigenvalue weighted by Gasteiger charge is 2.30. The number of amides is 1. The summed E-state index contributed by atoms with van der Waals surface area (Å²) in [6.07, 6.45) is 1.71. The van der Waals surface area contributed by atoms with Crippen LogP contribution in [0.25, 0.3) is 0 Å². The summed E-state index contributed by atoms with van der Waals surface area (Å²) in [4.78, 5) is 12.2. The Morgan fingerprint density at radius 2 is 2.19 bits per heavy atom. The van der Waals surface area contributed by atoms with E-state index in [0.29, 0.717) is 24.8 Å². The molecule has 2 atom stereocenters. The Morgan fingerprint density at radius 3 is 2.76 bits per heavy atom.